The molecule has 30 heavy (non-hydrogen) atoms. The highest BCUT2D eigenvalue weighted by molar-refractivity contribution is 5.88. The molecule has 1 saturated carbocycles. The lowest BCUT2D eigenvalue weighted by Gasteiger charge is -2.30. The van der Waals surface area contributed by atoms with Crippen LogP contribution in [-0.4, -0.2) is 28.8 Å². The molecule has 4 nitrogen and oxygen atoms in total. The lowest BCUT2D eigenvalue weighted by molar-refractivity contribution is -0.140. The Balaban J connectivity index is 1.77. The van der Waals surface area contributed by atoms with E-state index in [9.17, 15) is 9.59 Å². The second kappa shape index (κ2) is 9.92. The van der Waals surface area contributed by atoms with Gasteiger partial charge >= 0.3 is 0 Å². The van der Waals surface area contributed by atoms with Gasteiger partial charge in [0.15, 0.2) is 0 Å². The molecule has 2 amide bonds. The van der Waals surface area contributed by atoms with E-state index < -0.39 is 6.04 Å². The predicted octanol–water partition coefficient (Wildman–Crippen LogP) is 4.63. The summed E-state index contributed by atoms with van der Waals surface area (Å²) in [4.78, 5) is 28.0. The predicted molar refractivity (Wildman–Crippen MR) is 121 cm³/mol. The van der Waals surface area contributed by atoms with Crippen molar-refractivity contribution in [3.8, 4) is 0 Å². The lowest BCUT2D eigenvalue weighted by atomic mass is 10.0. The molecule has 2 aromatic rings. The van der Waals surface area contributed by atoms with Crippen molar-refractivity contribution < 1.29 is 9.59 Å². The summed E-state index contributed by atoms with van der Waals surface area (Å²) in [5.74, 6) is -0.0738. The topological polar surface area (TPSA) is 49.4 Å². The Hall–Kier alpha value is -2.62. The highest BCUT2D eigenvalue weighted by atomic mass is 16.2. The van der Waals surface area contributed by atoms with Gasteiger partial charge in [0.05, 0.1) is 6.42 Å². The molecule has 4 heteroatoms. The summed E-state index contributed by atoms with van der Waals surface area (Å²) in [5.41, 5.74) is 5.60. The van der Waals surface area contributed by atoms with Crippen LogP contribution in [0.3, 0.4) is 0 Å². The van der Waals surface area contributed by atoms with Crippen LogP contribution in [0.15, 0.2) is 42.5 Å². The molecule has 1 N–H and O–H groups in total. The minimum absolute atomic E-state index is 0.0205. The van der Waals surface area contributed by atoms with Gasteiger partial charge in [0.25, 0.3) is 0 Å². The van der Waals surface area contributed by atoms with Crippen LogP contribution in [0.2, 0.25) is 0 Å². The molecule has 3 rings (SSSR count). The van der Waals surface area contributed by atoms with E-state index in [1.807, 2.05) is 44.2 Å². The van der Waals surface area contributed by atoms with Gasteiger partial charge in [-0.05, 0) is 62.8 Å². The smallest absolute Gasteiger partial charge is 0.242 e. The normalized spacial score (nSPS) is 15.1. The second-order valence-corrected chi connectivity index (χ2v) is 8.77. The Morgan fingerprint density at radius 2 is 1.60 bits per heavy atom. The fraction of sp³-hybridized carbons (Fsp3) is 0.462. The van der Waals surface area contributed by atoms with E-state index >= 15 is 0 Å². The monoisotopic (exact) mass is 406 g/mol. The van der Waals surface area contributed by atoms with E-state index in [0.717, 1.165) is 36.8 Å². The average Bonchev–Trinajstić information content (AvgIpc) is 3.22. The molecule has 0 aromatic heterocycles. The number of nitrogens with one attached hydrogen (secondary N) is 1. The molecular formula is C26H34N2O2. The number of carbonyl (C=O) groups excluding carboxylic acids is 2. The summed E-state index contributed by atoms with van der Waals surface area (Å²) in [6.07, 6.45) is 4.70. The van der Waals surface area contributed by atoms with Crippen molar-refractivity contribution >= 4 is 11.8 Å². The number of aryl methyl sites for hydroxylation is 3. The zero-order valence-electron chi connectivity index (χ0n) is 18.7. The van der Waals surface area contributed by atoms with Gasteiger partial charge in [0.2, 0.25) is 11.8 Å². The molecule has 2 aromatic carbocycles. The molecule has 1 aliphatic rings. The van der Waals surface area contributed by atoms with Gasteiger partial charge in [-0.3, -0.25) is 9.59 Å². The van der Waals surface area contributed by atoms with Crippen LogP contribution in [0.25, 0.3) is 0 Å². The van der Waals surface area contributed by atoms with E-state index in [-0.39, 0.29) is 17.9 Å². The summed E-state index contributed by atoms with van der Waals surface area (Å²) in [7, 11) is 0. The third-order valence-electron chi connectivity index (χ3n) is 6.27. The first-order valence-electron chi connectivity index (χ1n) is 11.0. The quantitative estimate of drug-likeness (QED) is 0.729. The minimum Gasteiger partial charge on any atom is -0.352 e. The standard InChI is InChI=1S/C26H34N2O2/c1-18-9-12-22(13-10-18)17-28(21(4)26(30)27-24-7-5-6-8-24)25(29)16-23-14-11-19(2)20(3)15-23/h9-15,21,24H,5-8,16-17H2,1-4H3,(H,27,30)/t21-/m1/s1. The number of hydrogen-bond acceptors (Lipinski definition) is 2. The van der Waals surface area contributed by atoms with Crippen molar-refractivity contribution in [2.75, 3.05) is 0 Å². The van der Waals surface area contributed by atoms with Crippen molar-refractivity contribution in [1.29, 1.82) is 0 Å². The first kappa shape index (κ1) is 22.1. The number of benzene rings is 2. The molecule has 0 heterocycles. The summed E-state index contributed by atoms with van der Waals surface area (Å²) in [6, 6.07) is 14.0. The summed E-state index contributed by atoms with van der Waals surface area (Å²) in [5, 5.41) is 3.16. The number of carbonyl (C=O) groups is 2. The fourth-order valence-electron chi connectivity index (χ4n) is 4.05. The van der Waals surface area contributed by atoms with Crippen molar-refractivity contribution in [2.45, 2.75) is 78.4 Å². The molecule has 1 aliphatic carbocycles. The van der Waals surface area contributed by atoms with Crippen molar-refractivity contribution in [3.05, 3.63) is 70.3 Å². The van der Waals surface area contributed by atoms with Crippen molar-refractivity contribution in [1.82, 2.24) is 10.2 Å². The zero-order chi connectivity index (χ0) is 21.7. The van der Waals surface area contributed by atoms with E-state index in [2.05, 4.69) is 31.3 Å². The fourth-order valence-corrected chi connectivity index (χ4v) is 4.05. The third kappa shape index (κ3) is 5.71. The van der Waals surface area contributed by atoms with E-state index in [4.69, 9.17) is 0 Å². The molecule has 0 aliphatic heterocycles. The molecule has 0 radical (unpaired) electrons. The van der Waals surface area contributed by atoms with Gasteiger partial charge in [0.1, 0.15) is 6.04 Å². The van der Waals surface area contributed by atoms with Gasteiger partial charge in [-0.15, -0.1) is 0 Å². The van der Waals surface area contributed by atoms with Crippen LogP contribution in [0.4, 0.5) is 0 Å². The maximum absolute atomic E-state index is 13.3. The maximum atomic E-state index is 13.3. The summed E-state index contributed by atoms with van der Waals surface area (Å²) < 4.78 is 0. The van der Waals surface area contributed by atoms with Crippen molar-refractivity contribution in [2.24, 2.45) is 0 Å². The molecule has 0 bridgehead atoms. The Morgan fingerprint density at radius 3 is 2.23 bits per heavy atom. The van der Waals surface area contributed by atoms with Crippen LogP contribution in [-0.2, 0) is 22.6 Å². The molecule has 0 saturated heterocycles. The van der Waals surface area contributed by atoms with Gasteiger partial charge in [-0.1, -0.05) is 60.9 Å². The molecule has 0 spiro atoms. The van der Waals surface area contributed by atoms with Gasteiger partial charge in [-0.2, -0.15) is 0 Å². The SMILES string of the molecule is Cc1ccc(CN(C(=O)Cc2ccc(C)c(C)c2)[C@H](C)C(=O)NC2CCCC2)cc1. The second-order valence-electron chi connectivity index (χ2n) is 8.77. The number of rotatable bonds is 7. The summed E-state index contributed by atoms with van der Waals surface area (Å²) in [6.45, 7) is 8.45. The number of amides is 2. The zero-order valence-corrected chi connectivity index (χ0v) is 18.7. The molecule has 1 fully saturated rings. The first-order valence-corrected chi connectivity index (χ1v) is 11.0. The van der Waals surface area contributed by atoms with Crippen LogP contribution >= 0.6 is 0 Å². The van der Waals surface area contributed by atoms with Crippen molar-refractivity contribution in [3.63, 3.8) is 0 Å². The molecule has 0 unspecified atom stereocenters. The van der Waals surface area contributed by atoms with Crippen LogP contribution in [0.1, 0.15) is 60.4 Å². The van der Waals surface area contributed by atoms with Crippen LogP contribution in [0, 0.1) is 20.8 Å². The number of nitrogens with zero attached hydrogens (tertiary/aromatic N) is 1. The third-order valence-corrected chi connectivity index (χ3v) is 6.27. The average molecular weight is 407 g/mol. The molecule has 160 valence electrons. The van der Waals surface area contributed by atoms with Gasteiger partial charge < -0.3 is 10.2 Å². The summed E-state index contributed by atoms with van der Waals surface area (Å²) >= 11 is 0. The first-order chi connectivity index (χ1) is 14.3. The van der Waals surface area contributed by atoms with Gasteiger partial charge in [0, 0.05) is 12.6 Å². The highest BCUT2D eigenvalue weighted by Gasteiger charge is 2.28. The van der Waals surface area contributed by atoms with E-state index in [1.165, 1.54) is 16.7 Å². The van der Waals surface area contributed by atoms with Crippen LogP contribution < -0.4 is 5.32 Å². The molecular weight excluding hydrogens is 372 g/mol. The molecule has 1 atom stereocenters. The van der Waals surface area contributed by atoms with E-state index in [0.29, 0.717) is 13.0 Å². The van der Waals surface area contributed by atoms with Gasteiger partial charge in [-0.25, -0.2) is 0 Å². The number of hydrogen-bond donors (Lipinski definition) is 1. The Bertz CT molecular complexity index is 882. The van der Waals surface area contributed by atoms with Crippen LogP contribution in [0.5, 0.6) is 0 Å². The van der Waals surface area contributed by atoms with E-state index in [1.54, 1.807) is 4.90 Å². The maximum Gasteiger partial charge on any atom is 0.242 e. The Kier molecular flexibility index (Phi) is 7.30. The Labute approximate surface area is 180 Å². The highest BCUT2D eigenvalue weighted by Crippen LogP contribution is 2.19. The Morgan fingerprint density at radius 1 is 0.967 bits per heavy atom. The lowest BCUT2D eigenvalue weighted by Crippen LogP contribution is -2.50. The minimum atomic E-state index is -0.508. The largest absolute Gasteiger partial charge is 0.352 e.